The van der Waals surface area contributed by atoms with Gasteiger partial charge in [-0.3, -0.25) is 14.6 Å². The fourth-order valence-corrected chi connectivity index (χ4v) is 7.81. The van der Waals surface area contributed by atoms with Gasteiger partial charge in [0.1, 0.15) is 6.04 Å². The molecule has 3 heterocycles. The van der Waals surface area contributed by atoms with Crippen LogP contribution in [0.5, 0.6) is 0 Å². The molecule has 1 amide bonds. The van der Waals surface area contributed by atoms with E-state index in [1.807, 2.05) is 6.07 Å². The van der Waals surface area contributed by atoms with E-state index in [0.717, 1.165) is 35.9 Å². The Morgan fingerprint density at radius 1 is 0.913 bits per heavy atom. The van der Waals surface area contributed by atoms with Crippen LogP contribution in [0.15, 0.2) is 52.4 Å². The third-order valence-electron chi connectivity index (χ3n) is 8.74. The van der Waals surface area contributed by atoms with Gasteiger partial charge in [-0.15, -0.1) is 0 Å². The highest BCUT2D eigenvalue weighted by atomic mass is 32.2. The van der Waals surface area contributed by atoms with Crippen LogP contribution in [0.2, 0.25) is 0 Å². The molecule has 2 aromatic heterocycles. The first-order valence-electron chi connectivity index (χ1n) is 14.7. The Hall–Kier alpha value is -4.24. The molecule has 0 bridgehead atoms. The first-order chi connectivity index (χ1) is 21.9. The molecule has 1 aliphatic heterocycles. The summed E-state index contributed by atoms with van der Waals surface area (Å²) in [7, 11) is -3.88. The van der Waals surface area contributed by atoms with E-state index in [1.54, 1.807) is 12.3 Å². The number of fused-ring (bicyclic) bond motifs is 1. The molecule has 2 aromatic carbocycles. The minimum atomic E-state index is -5.35. The number of pyridine rings is 1. The third-order valence-corrected chi connectivity index (χ3v) is 10.7. The molecule has 2 aliphatic rings. The summed E-state index contributed by atoms with van der Waals surface area (Å²) in [4.78, 5) is 30.4. The number of carbonyl (C=O) groups excluding carboxylic acids is 1. The number of carbonyl (C=O) groups is 1. The van der Waals surface area contributed by atoms with Gasteiger partial charge in [0.15, 0.2) is 28.2 Å². The number of anilines is 1. The number of rotatable bonds is 7. The van der Waals surface area contributed by atoms with Crippen molar-refractivity contribution in [2.75, 3.05) is 11.4 Å². The van der Waals surface area contributed by atoms with Crippen molar-refractivity contribution in [3.63, 3.8) is 0 Å². The van der Waals surface area contributed by atoms with Crippen LogP contribution < -0.4 is 10.5 Å². The molecule has 1 atom stereocenters. The van der Waals surface area contributed by atoms with Crippen molar-refractivity contribution in [3.8, 4) is 0 Å². The number of nitrogens with zero attached hydrogens (tertiary/aromatic N) is 5. The van der Waals surface area contributed by atoms with E-state index in [-0.39, 0.29) is 24.2 Å². The summed E-state index contributed by atoms with van der Waals surface area (Å²) < 4.78 is 98.8. The van der Waals surface area contributed by atoms with Crippen molar-refractivity contribution >= 4 is 32.4 Å². The standard InChI is InChI=1S/C31H28F5N5O4S/c1-39-30(42)22-10-9-21(13-19(22)15-38-39)40(16-20-8-7-18(14-37-20)17-5-3-2-4-6-17)31(43)23-11-12-41(23)46(44,45)29-27(35)25(33)24(32)26(34)28(29)36/h7-10,13-15,17,23H,2-6,11-12,16H2,1H3. The minimum Gasteiger partial charge on any atom is -0.305 e. The van der Waals surface area contributed by atoms with Crippen LogP contribution in [0, 0.1) is 29.1 Å². The van der Waals surface area contributed by atoms with Crippen LogP contribution in [0.1, 0.15) is 55.7 Å². The van der Waals surface area contributed by atoms with Gasteiger partial charge < -0.3 is 4.90 Å². The van der Waals surface area contributed by atoms with E-state index in [9.17, 15) is 40.0 Å². The molecule has 1 saturated heterocycles. The Bertz CT molecular complexity index is 1990. The van der Waals surface area contributed by atoms with Gasteiger partial charge in [-0.2, -0.15) is 9.40 Å². The zero-order chi connectivity index (χ0) is 32.9. The van der Waals surface area contributed by atoms with E-state index in [0.29, 0.717) is 26.7 Å². The first kappa shape index (κ1) is 31.7. The average molecular weight is 662 g/mol. The quantitative estimate of drug-likeness (QED) is 0.156. The summed E-state index contributed by atoms with van der Waals surface area (Å²) in [6.45, 7) is -0.557. The molecular formula is C31H28F5N5O4S. The number of sulfonamides is 1. The molecule has 46 heavy (non-hydrogen) atoms. The molecule has 2 fully saturated rings. The number of halogens is 5. The topological polar surface area (TPSA) is 105 Å². The fraction of sp³-hybridized carbons (Fsp3) is 0.355. The third kappa shape index (κ3) is 5.44. The predicted molar refractivity (Wildman–Crippen MR) is 157 cm³/mol. The Kier molecular flexibility index (Phi) is 8.40. The minimum absolute atomic E-state index is 0.0896. The van der Waals surface area contributed by atoms with Gasteiger partial charge in [-0.1, -0.05) is 25.3 Å². The van der Waals surface area contributed by atoms with Crippen LogP contribution in [0.25, 0.3) is 10.8 Å². The molecule has 242 valence electrons. The largest absolute Gasteiger partial charge is 0.305 e. The van der Waals surface area contributed by atoms with Crippen molar-refractivity contribution < 1.29 is 35.2 Å². The van der Waals surface area contributed by atoms with Gasteiger partial charge in [0, 0.05) is 30.9 Å². The highest BCUT2D eigenvalue weighted by Crippen LogP contribution is 2.36. The number of amides is 1. The van der Waals surface area contributed by atoms with Crippen molar-refractivity contribution in [2.45, 2.75) is 61.9 Å². The summed E-state index contributed by atoms with van der Waals surface area (Å²) in [5, 5.41) is 4.70. The molecular weight excluding hydrogens is 633 g/mol. The van der Waals surface area contributed by atoms with Crippen molar-refractivity contribution in [1.29, 1.82) is 0 Å². The van der Waals surface area contributed by atoms with Crippen LogP contribution in [0.3, 0.4) is 0 Å². The van der Waals surface area contributed by atoms with Crippen LogP contribution >= 0.6 is 0 Å². The van der Waals surface area contributed by atoms with E-state index in [1.165, 1.54) is 42.8 Å². The molecule has 4 aromatic rings. The van der Waals surface area contributed by atoms with Gasteiger partial charge in [0.25, 0.3) is 5.56 Å². The predicted octanol–water partition coefficient (Wildman–Crippen LogP) is 5.07. The second-order valence-corrected chi connectivity index (χ2v) is 13.3. The average Bonchev–Trinajstić information content (AvgIpc) is 3.03. The molecule has 0 N–H and O–H groups in total. The molecule has 1 unspecified atom stereocenters. The molecule has 0 spiro atoms. The number of hydrogen-bond donors (Lipinski definition) is 0. The number of hydrogen-bond acceptors (Lipinski definition) is 6. The lowest BCUT2D eigenvalue weighted by atomic mass is 9.85. The SMILES string of the molecule is Cn1ncc2cc(N(Cc3ccc(C4CCCCC4)cn3)C(=O)C3CCN3S(=O)(=O)c3c(F)c(F)c(F)c(F)c3F)ccc2c1=O. The summed E-state index contributed by atoms with van der Waals surface area (Å²) in [6, 6.07) is 6.64. The smallest absolute Gasteiger partial charge is 0.274 e. The Morgan fingerprint density at radius 2 is 1.59 bits per heavy atom. The second kappa shape index (κ2) is 12.2. The van der Waals surface area contributed by atoms with E-state index >= 15 is 0 Å². The van der Waals surface area contributed by atoms with E-state index in [4.69, 9.17) is 0 Å². The normalized spacial score (nSPS) is 17.7. The van der Waals surface area contributed by atoms with Gasteiger partial charge in [0.2, 0.25) is 21.7 Å². The summed E-state index contributed by atoms with van der Waals surface area (Å²) in [5.74, 6) is -12.8. The molecule has 15 heteroatoms. The maximum absolute atomic E-state index is 14.6. The van der Waals surface area contributed by atoms with E-state index < -0.39 is 62.5 Å². The summed E-state index contributed by atoms with van der Waals surface area (Å²) >= 11 is 0. The lowest BCUT2D eigenvalue weighted by Gasteiger charge is -2.41. The fourth-order valence-electron chi connectivity index (χ4n) is 6.07. The number of aryl methyl sites for hydroxylation is 1. The Balaban J connectivity index is 1.36. The van der Waals surface area contributed by atoms with Gasteiger partial charge in [-0.25, -0.2) is 35.1 Å². The zero-order valence-corrected chi connectivity index (χ0v) is 25.3. The van der Waals surface area contributed by atoms with E-state index in [2.05, 4.69) is 10.1 Å². The molecule has 6 rings (SSSR count). The van der Waals surface area contributed by atoms with Gasteiger partial charge in [0.05, 0.1) is 23.8 Å². The first-order valence-corrected chi connectivity index (χ1v) is 16.1. The van der Waals surface area contributed by atoms with Crippen molar-refractivity contribution in [1.82, 2.24) is 19.1 Å². The Morgan fingerprint density at radius 3 is 2.20 bits per heavy atom. The molecule has 1 saturated carbocycles. The maximum atomic E-state index is 14.6. The molecule has 9 nitrogen and oxygen atoms in total. The van der Waals surface area contributed by atoms with Gasteiger partial charge >= 0.3 is 0 Å². The summed E-state index contributed by atoms with van der Waals surface area (Å²) in [5.41, 5.74) is 1.36. The monoisotopic (exact) mass is 661 g/mol. The van der Waals surface area contributed by atoms with Crippen LogP contribution in [0.4, 0.5) is 27.6 Å². The highest BCUT2D eigenvalue weighted by Gasteiger charge is 2.48. The lowest BCUT2D eigenvalue weighted by Crippen LogP contribution is -2.59. The second-order valence-electron chi connectivity index (χ2n) is 11.5. The lowest BCUT2D eigenvalue weighted by molar-refractivity contribution is -0.125. The van der Waals surface area contributed by atoms with Crippen molar-refractivity contribution in [3.05, 3.63) is 93.4 Å². The number of benzene rings is 2. The number of aromatic nitrogens is 3. The Labute approximate surface area is 260 Å². The zero-order valence-electron chi connectivity index (χ0n) is 24.5. The molecule has 0 radical (unpaired) electrons. The highest BCUT2D eigenvalue weighted by molar-refractivity contribution is 7.89. The van der Waals surface area contributed by atoms with Gasteiger partial charge in [-0.05, 0) is 55.0 Å². The van der Waals surface area contributed by atoms with Crippen LogP contribution in [-0.4, -0.2) is 46.0 Å². The van der Waals surface area contributed by atoms with Crippen LogP contribution in [-0.2, 0) is 28.4 Å². The van der Waals surface area contributed by atoms with Crippen molar-refractivity contribution in [2.24, 2.45) is 7.05 Å². The maximum Gasteiger partial charge on any atom is 0.274 e. The molecule has 1 aliphatic carbocycles. The summed E-state index contributed by atoms with van der Waals surface area (Å²) in [6.07, 6.45) is 8.60.